The zero-order valence-corrected chi connectivity index (χ0v) is 34.5. The molecule has 0 spiro atoms. The van der Waals surface area contributed by atoms with Crippen LogP contribution in [0.3, 0.4) is 0 Å². The highest BCUT2D eigenvalue weighted by Gasteiger charge is 2.53. The molecule has 0 radical (unpaired) electrons. The van der Waals surface area contributed by atoms with E-state index in [9.17, 15) is 24.0 Å². The van der Waals surface area contributed by atoms with Crippen LogP contribution in [0, 0.1) is 0 Å². The number of anilines is 1. The summed E-state index contributed by atoms with van der Waals surface area (Å²) in [5.41, 5.74) is 1.62. The summed E-state index contributed by atoms with van der Waals surface area (Å²) in [6.45, 7) is 5.55. The maximum atomic E-state index is 13.8. The van der Waals surface area contributed by atoms with E-state index in [1.165, 1.54) is 0 Å². The maximum Gasteiger partial charge on any atom is 0.412 e. The van der Waals surface area contributed by atoms with E-state index in [0.717, 1.165) is 5.56 Å². The number of rotatable bonds is 16. The highest BCUT2D eigenvalue weighted by Crippen LogP contribution is 2.32. The number of carbonyl (C=O) groups excluding carboxylic acids is 5. The van der Waals surface area contributed by atoms with Crippen LogP contribution in [-0.4, -0.2) is 86.0 Å². The Labute approximate surface area is 359 Å². The third-order valence-electron chi connectivity index (χ3n) is 9.23. The average Bonchev–Trinajstić information content (AvgIpc) is 3.28. The van der Waals surface area contributed by atoms with Gasteiger partial charge in [0.2, 0.25) is 0 Å². The Kier molecular flexibility index (Phi) is 15.6. The van der Waals surface area contributed by atoms with Crippen LogP contribution < -0.4 is 10.6 Å². The molecule has 1 amide bonds. The molecular formula is C48H48N2O12. The molecule has 5 atom stereocenters. The van der Waals surface area contributed by atoms with Crippen molar-refractivity contribution in [1.29, 1.82) is 0 Å². The minimum absolute atomic E-state index is 0.00726. The Balaban J connectivity index is 1.25. The highest BCUT2D eigenvalue weighted by atomic mass is 16.7. The lowest BCUT2D eigenvalue weighted by molar-refractivity contribution is -0.298. The van der Waals surface area contributed by atoms with Crippen molar-refractivity contribution >= 4 is 35.7 Å². The molecule has 0 bridgehead atoms. The van der Waals surface area contributed by atoms with Gasteiger partial charge in [-0.2, -0.15) is 0 Å². The summed E-state index contributed by atoms with van der Waals surface area (Å²) < 4.78 is 41.9. The zero-order chi connectivity index (χ0) is 43.9. The predicted octanol–water partition coefficient (Wildman–Crippen LogP) is 7.40. The van der Waals surface area contributed by atoms with E-state index in [1.54, 1.807) is 154 Å². The Morgan fingerprint density at radius 2 is 1.02 bits per heavy atom. The van der Waals surface area contributed by atoms with Crippen molar-refractivity contribution in [1.82, 2.24) is 5.32 Å². The number of ether oxygens (including phenoxy) is 7. The lowest BCUT2D eigenvalue weighted by atomic mass is 9.97. The topological polar surface area (TPSA) is 174 Å². The first-order valence-corrected chi connectivity index (χ1v) is 20.0. The van der Waals surface area contributed by atoms with Crippen molar-refractivity contribution in [3.05, 3.63) is 173 Å². The maximum absolute atomic E-state index is 13.8. The molecule has 62 heavy (non-hydrogen) atoms. The van der Waals surface area contributed by atoms with Crippen molar-refractivity contribution in [2.24, 2.45) is 0 Å². The normalized spacial score (nSPS) is 18.4. The second-order valence-electron chi connectivity index (χ2n) is 15.1. The standard InChI is InChI=1S/C48H48N2O12/c1-48(2,3)62-47(55)50-37-26-24-32(25-27-37)30-49-28-29-56-46-41(61-45(54)36-22-14-7-15-23-36)40(60-44(53)35-20-12-6-13-21-35)39(59-43(52)34-18-10-5-11-19-34)38(58-46)31-57-42(51)33-16-8-4-9-17-33/h4-27,38-41,46,49H,28-31H2,1-3H3,(H,50,55). The van der Waals surface area contributed by atoms with Gasteiger partial charge in [-0.3, -0.25) is 5.32 Å². The Morgan fingerprint density at radius 1 is 0.565 bits per heavy atom. The molecule has 0 aliphatic carbocycles. The predicted molar refractivity (Wildman–Crippen MR) is 226 cm³/mol. The highest BCUT2D eigenvalue weighted by molar-refractivity contribution is 5.91. The first-order chi connectivity index (χ1) is 29.9. The van der Waals surface area contributed by atoms with Gasteiger partial charge in [0.1, 0.15) is 18.3 Å². The van der Waals surface area contributed by atoms with Crippen molar-refractivity contribution in [3.63, 3.8) is 0 Å². The van der Waals surface area contributed by atoms with Crippen molar-refractivity contribution < 1.29 is 57.1 Å². The van der Waals surface area contributed by atoms with E-state index in [4.69, 9.17) is 33.2 Å². The van der Waals surface area contributed by atoms with Gasteiger partial charge in [0.25, 0.3) is 0 Å². The third kappa shape index (κ3) is 13.1. The van der Waals surface area contributed by atoms with Gasteiger partial charge in [-0.15, -0.1) is 0 Å². The third-order valence-corrected chi connectivity index (χ3v) is 9.23. The van der Waals surface area contributed by atoms with Crippen LogP contribution in [0.5, 0.6) is 0 Å². The van der Waals surface area contributed by atoms with Crippen LogP contribution in [0.2, 0.25) is 0 Å². The van der Waals surface area contributed by atoms with E-state index in [-0.39, 0.29) is 35.4 Å². The van der Waals surface area contributed by atoms with Crippen LogP contribution in [0.4, 0.5) is 10.5 Å². The molecule has 322 valence electrons. The minimum Gasteiger partial charge on any atom is -0.459 e. The van der Waals surface area contributed by atoms with Crippen LogP contribution in [0.1, 0.15) is 67.8 Å². The first kappa shape index (κ1) is 44.7. The quantitative estimate of drug-likeness (QED) is 0.0572. The van der Waals surface area contributed by atoms with Crippen LogP contribution in [0.25, 0.3) is 0 Å². The average molecular weight is 845 g/mol. The number of carbonyl (C=O) groups is 5. The van der Waals surface area contributed by atoms with Gasteiger partial charge in [-0.05, 0) is 87.0 Å². The summed E-state index contributed by atoms with van der Waals surface area (Å²) in [4.78, 5) is 66.7. The summed E-state index contributed by atoms with van der Waals surface area (Å²) in [5, 5.41) is 5.98. The molecule has 0 saturated carbocycles. The molecule has 2 N–H and O–H groups in total. The fraction of sp³-hybridized carbons (Fsp3) is 0.271. The number of benzene rings is 5. The molecule has 1 heterocycles. The monoisotopic (exact) mass is 844 g/mol. The molecule has 1 aliphatic rings. The Bertz CT molecular complexity index is 2230. The van der Waals surface area contributed by atoms with Gasteiger partial charge in [0, 0.05) is 18.8 Å². The number of hydrogen-bond donors (Lipinski definition) is 2. The van der Waals surface area contributed by atoms with Crippen molar-refractivity contribution in [3.8, 4) is 0 Å². The fourth-order valence-electron chi connectivity index (χ4n) is 6.27. The number of nitrogens with one attached hydrogen (secondary N) is 2. The summed E-state index contributed by atoms with van der Waals surface area (Å²) in [6, 6.07) is 39.9. The van der Waals surface area contributed by atoms with Gasteiger partial charge in [-0.1, -0.05) is 84.9 Å². The van der Waals surface area contributed by atoms with Crippen molar-refractivity contribution in [2.75, 3.05) is 25.1 Å². The van der Waals surface area contributed by atoms with Crippen LogP contribution >= 0.6 is 0 Å². The minimum atomic E-state index is -1.54. The molecule has 14 nitrogen and oxygen atoms in total. The summed E-state index contributed by atoms with van der Waals surface area (Å²) in [7, 11) is 0. The number of esters is 4. The summed E-state index contributed by atoms with van der Waals surface area (Å²) >= 11 is 0. The second-order valence-corrected chi connectivity index (χ2v) is 15.1. The van der Waals surface area contributed by atoms with E-state index in [1.807, 2.05) is 12.1 Å². The summed E-state index contributed by atoms with van der Waals surface area (Å²) in [6.07, 6.45) is -7.81. The van der Waals surface area contributed by atoms with Gasteiger partial charge in [0.15, 0.2) is 24.6 Å². The molecule has 5 aromatic rings. The fourth-order valence-corrected chi connectivity index (χ4v) is 6.27. The SMILES string of the molecule is CC(C)(C)OC(=O)Nc1ccc(CNCCOC2OC(COC(=O)c3ccccc3)C(OC(=O)c3ccccc3)C(OC(=O)c3ccccc3)C2OC(=O)c2ccccc2)cc1. The van der Waals surface area contributed by atoms with Crippen molar-refractivity contribution in [2.45, 2.75) is 63.6 Å². The van der Waals surface area contributed by atoms with E-state index in [2.05, 4.69) is 10.6 Å². The molecular weight excluding hydrogens is 797 g/mol. The molecule has 0 aromatic heterocycles. The molecule has 14 heteroatoms. The molecule has 5 aromatic carbocycles. The summed E-state index contributed by atoms with van der Waals surface area (Å²) in [5.74, 6) is -3.09. The molecule has 5 unspecified atom stereocenters. The van der Waals surface area contributed by atoms with Crippen LogP contribution in [-0.2, 0) is 39.7 Å². The number of hydrogen-bond acceptors (Lipinski definition) is 13. The van der Waals surface area contributed by atoms with E-state index in [0.29, 0.717) is 12.2 Å². The van der Waals surface area contributed by atoms with E-state index >= 15 is 0 Å². The lowest BCUT2D eigenvalue weighted by Crippen LogP contribution is -2.63. The second kappa shape index (κ2) is 21.6. The molecule has 1 aliphatic heterocycles. The smallest absolute Gasteiger partial charge is 0.412 e. The lowest BCUT2D eigenvalue weighted by Gasteiger charge is -2.44. The van der Waals surface area contributed by atoms with Crippen LogP contribution in [0.15, 0.2) is 146 Å². The molecule has 1 fully saturated rings. The Morgan fingerprint density at radius 3 is 1.50 bits per heavy atom. The Hall–Kier alpha value is -6.87. The molecule has 1 saturated heterocycles. The van der Waals surface area contributed by atoms with Gasteiger partial charge in [-0.25, -0.2) is 24.0 Å². The molecule has 6 rings (SSSR count). The van der Waals surface area contributed by atoms with Gasteiger partial charge in [0.05, 0.1) is 28.9 Å². The van der Waals surface area contributed by atoms with E-state index < -0.39 is 72.9 Å². The first-order valence-electron chi connectivity index (χ1n) is 20.0. The number of amides is 1. The zero-order valence-electron chi connectivity index (χ0n) is 34.5. The van der Waals surface area contributed by atoms with Gasteiger partial charge < -0.3 is 38.5 Å². The largest absolute Gasteiger partial charge is 0.459 e. The van der Waals surface area contributed by atoms with Gasteiger partial charge >= 0.3 is 30.0 Å².